The molecule has 1 aromatic carbocycles. The fourth-order valence-corrected chi connectivity index (χ4v) is 1.64. The predicted molar refractivity (Wildman–Crippen MR) is 59.5 cm³/mol. The summed E-state index contributed by atoms with van der Waals surface area (Å²) in [5, 5.41) is 0. The maximum absolute atomic E-state index is 5.92. The highest BCUT2D eigenvalue weighted by Gasteiger charge is 2.11. The van der Waals surface area contributed by atoms with Gasteiger partial charge in [-0.1, -0.05) is 15.9 Å². The van der Waals surface area contributed by atoms with Crippen molar-refractivity contribution in [3.05, 3.63) is 28.2 Å². The van der Waals surface area contributed by atoms with Crippen molar-refractivity contribution in [2.24, 2.45) is 5.73 Å². The molecular formula is C10H14BrNO2. The number of rotatable bonds is 4. The molecule has 3 nitrogen and oxygen atoms in total. The molecule has 0 aromatic heterocycles. The molecule has 0 amide bonds. The van der Waals surface area contributed by atoms with E-state index in [1.54, 1.807) is 14.2 Å². The van der Waals surface area contributed by atoms with Crippen molar-refractivity contribution in [1.29, 1.82) is 0 Å². The van der Waals surface area contributed by atoms with Gasteiger partial charge in [0.25, 0.3) is 0 Å². The Hall–Kier alpha value is -0.580. The average molecular weight is 260 g/mol. The van der Waals surface area contributed by atoms with Gasteiger partial charge in [-0.05, 0) is 18.2 Å². The first-order valence-corrected chi connectivity index (χ1v) is 5.06. The highest BCUT2D eigenvalue weighted by Crippen LogP contribution is 2.27. The molecule has 0 saturated carbocycles. The molecule has 0 radical (unpaired) electrons. The third kappa shape index (κ3) is 2.70. The molecule has 1 atom stereocenters. The largest absolute Gasteiger partial charge is 0.496 e. The maximum atomic E-state index is 5.92. The highest BCUT2D eigenvalue weighted by atomic mass is 79.9. The first-order chi connectivity index (χ1) is 6.69. The van der Waals surface area contributed by atoms with E-state index in [0.717, 1.165) is 15.8 Å². The quantitative estimate of drug-likeness (QED) is 0.901. The molecular weight excluding hydrogens is 246 g/mol. The monoisotopic (exact) mass is 259 g/mol. The molecule has 14 heavy (non-hydrogen) atoms. The van der Waals surface area contributed by atoms with Crippen molar-refractivity contribution in [3.8, 4) is 5.75 Å². The number of ether oxygens (including phenoxy) is 2. The van der Waals surface area contributed by atoms with Gasteiger partial charge in [0.15, 0.2) is 0 Å². The number of benzene rings is 1. The molecule has 2 N–H and O–H groups in total. The number of hydrogen-bond acceptors (Lipinski definition) is 3. The van der Waals surface area contributed by atoms with Crippen LogP contribution in [-0.4, -0.2) is 20.8 Å². The van der Waals surface area contributed by atoms with Gasteiger partial charge in [0.2, 0.25) is 0 Å². The second kappa shape index (κ2) is 5.34. The third-order valence-electron chi connectivity index (χ3n) is 1.94. The molecule has 1 unspecified atom stereocenters. The number of methoxy groups -OCH3 is 2. The SMILES string of the molecule is COCC(N)c1cc(Br)ccc1OC. The molecule has 0 aliphatic heterocycles. The minimum Gasteiger partial charge on any atom is -0.496 e. The van der Waals surface area contributed by atoms with E-state index in [1.165, 1.54) is 0 Å². The molecule has 0 fully saturated rings. The highest BCUT2D eigenvalue weighted by molar-refractivity contribution is 9.10. The Morgan fingerprint density at radius 3 is 2.71 bits per heavy atom. The number of nitrogens with two attached hydrogens (primary N) is 1. The summed E-state index contributed by atoms with van der Waals surface area (Å²) in [5.41, 5.74) is 6.87. The van der Waals surface area contributed by atoms with E-state index in [0.29, 0.717) is 6.61 Å². The Labute approximate surface area is 92.3 Å². The van der Waals surface area contributed by atoms with Crippen LogP contribution in [0.3, 0.4) is 0 Å². The van der Waals surface area contributed by atoms with Crippen molar-refractivity contribution in [3.63, 3.8) is 0 Å². The van der Waals surface area contributed by atoms with Crippen molar-refractivity contribution in [2.75, 3.05) is 20.8 Å². The summed E-state index contributed by atoms with van der Waals surface area (Å²) < 4.78 is 11.2. The van der Waals surface area contributed by atoms with Gasteiger partial charge in [-0.15, -0.1) is 0 Å². The van der Waals surface area contributed by atoms with Gasteiger partial charge in [-0.25, -0.2) is 0 Å². The zero-order valence-corrected chi connectivity index (χ0v) is 9.87. The van der Waals surface area contributed by atoms with E-state index in [2.05, 4.69) is 15.9 Å². The van der Waals surface area contributed by atoms with Crippen LogP contribution in [0.1, 0.15) is 11.6 Å². The molecule has 0 aliphatic rings. The van der Waals surface area contributed by atoms with Crippen LogP contribution < -0.4 is 10.5 Å². The number of hydrogen-bond donors (Lipinski definition) is 1. The van der Waals surface area contributed by atoms with Gasteiger partial charge in [-0.2, -0.15) is 0 Å². The summed E-state index contributed by atoms with van der Waals surface area (Å²) in [5.74, 6) is 0.790. The minimum absolute atomic E-state index is 0.160. The van der Waals surface area contributed by atoms with E-state index >= 15 is 0 Å². The van der Waals surface area contributed by atoms with Gasteiger partial charge in [0.1, 0.15) is 5.75 Å². The lowest BCUT2D eigenvalue weighted by Gasteiger charge is -2.15. The predicted octanol–water partition coefficient (Wildman–Crippen LogP) is 2.10. The Balaban J connectivity index is 2.97. The van der Waals surface area contributed by atoms with E-state index in [1.807, 2.05) is 18.2 Å². The lowest BCUT2D eigenvalue weighted by Crippen LogP contribution is -2.17. The van der Waals surface area contributed by atoms with E-state index in [9.17, 15) is 0 Å². The second-order valence-electron chi connectivity index (χ2n) is 2.95. The molecule has 1 rings (SSSR count). The van der Waals surface area contributed by atoms with Crippen LogP contribution in [-0.2, 0) is 4.74 Å². The smallest absolute Gasteiger partial charge is 0.123 e. The summed E-state index contributed by atoms with van der Waals surface area (Å²) in [6.45, 7) is 0.479. The Morgan fingerprint density at radius 1 is 1.43 bits per heavy atom. The standard InChI is InChI=1S/C10H14BrNO2/c1-13-6-9(12)8-5-7(11)3-4-10(8)14-2/h3-5,9H,6,12H2,1-2H3. The van der Waals surface area contributed by atoms with Crippen LogP contribution in [0.2, 0.25) is 0 Å². The van der Waals surface area contributed by atoms with Crippen molar-refractivity contribution in [1.82, 2.24) is 0 Å². The summed E-state index contributed by atoms with van der Waals surface area (Å²) in [6, 6.07) is 5.59. The van der Waals surface area contributed by atoms with Gasteiger partial charge in [0.05, 0.1) is 19.8 Å². The molecule has 0 spiro atoms. The van der Waals surface area contributed by atoms with Crippen LogP contribution >= 0.6 is 15.9 Å². The fraction of sp³-hybridized carbons (Fsp3) is 0.400. The van der Waals surface area contributed by atoms with Crippen LogP contribution in [0.15, 0.2) is 22.7 Å². The van der Waals surface area contributed by atoms with E-state index in [-0.39, 0.29) is 6.04 Å². The van der Waals surface area contributed by atoms with Gasteiger partial charge in [0, 0.05) is 17.1 Å². The summed E-state index contributed by atoms with van der Waals surface area (Å²) in [7, 11) is 3.26. The van der Waals surface area contributed by atoms with E-state index < -0.39 is 0 Å². The molecule has 0 saturated heterocycles. The van der Waals surface area contributed by atoms with Crippen LogP contribution in [0.25, 0.3) is 0 Å². The first kappa shape index (κ1) is 11.5. The summed E-state index contributed by atoms with van der Waals surface area (Å²) in [6.07, 6.45) is 0. The molecule has 0 bridgehead atoms. The number of halogens is 1. The maximum Gasteiger partial charge on any atom is 0.123 e. The van der Waals surface area contributed by atoms with Crippen LogP contribution in [0, 0.1) is 0 Å². The lowest BCUT2D eigenvalue weighted by molar-refractivity contribution is 0.179. The summed E-state index contributed by atoms with van der Waals surface area (Å²) in [4.78, 5) is 0. The van der Waals surface area contributed by atoms with Crippen LogP contribution in [0.4, 0.5) is 0 Å². The molecule has 78 valence electrons. The topological polar surface area (TPSA) is 44.5 Å². The molecule has 0 heterocycles. The fourth-order valence-electron chi connectivity index (χ4n) is 1.26. The Morgan fingerprint density at radius 2 is 2.14 bits per heavy atom. The van der Waals surface area contributed by atoms with Crippen molar-refractivity contribution in [2.45, 2.75) is 6.04 Å². The van der Waals surface area contributed by atoms with Crippen molar-refractivity contribution >= 4 is 15.9 Å². The van der Waals surface area contributed by atoms with Crippen molar-refractivity contribution < 1.29 is 9.47 Å². The van der Waals surface area contributed by atoms with Crippen LogP contribution in [0.5, 0.6) is 5.75 Å². The zero-order chi connectivity index (χ0) is 10.6. The van der Waals surface area contributed by atoms with Gasteiger partial charge in [-0.3, -0.25) is 0 Å². The lowest BCUT2D eigenvalue weighted by atomic mass is 10.1. The summed E-state index contributed by atoms with van der Waals surface area (Å²) >= 11 is 3.39. The molecule has 1 aromatic rings. The third-order valence-corrected chi connectivity index (χ3v) is 2.43. The Bertz CT molecular complexity index is 304. The first-order valence-electron chi connectivity index (χ1n) is 4.27. The second-order valence-corrected chi connectivity index (χ2v) is 3.86. The molecule has 4 heteroatoms. The average Bonchev–Trinajstić information content (AvgIpc) is 2.18. The molecule has 0 aliphatic carbocycles. The normalized spacial score (nSPS) is 12.6. The zero-order valence-electron chi connectivity index (χ0n) is 8.29. The van der Waals surface area contributed by atoms with Gasteiger partial charge >= 0.3 is 0 Å². The minimum atomic E-state index is -0.160. The van der Waals surface area contributed by atoms with Gasteiger partial charge < -0.3 is 15.2 Å². The Kier molecular flexibility index (Phi) is 4.38. The van der Waals surface area contributed by atoms with E-state index in [4.69, 9.17) is 15.2 Å².